The van der Waals surface area contributed by atoms with Crippen LogP contribution in [0.5, 0.6) is 5.75 Å². The molecule has 0 aliphatic heterocycles. The number of nitrogens with zero attached hydrogens (tertiary/aromatic N) is 3. The normalized spacial score (nSPS) is 10.4. The Bertz CT molecular complexity index is 806. The molecule has 0 aliphatic carbocycles. The van der Waals surface area contributed by atoms with Crippen molar-refractivity contribution in [3.8, 4) is 5.75 Å². The number of hydrogen-bond acceptors (Lipinski definition) is 5. The lowest BCUT2D eigenvalue weighted by Crippen LogP contribution is -2.23. The summed E-state index contributed by atoms with van der Waals surface area (Å²) in [5.74, 6) is 2.34. The van der Waals surface area contributed by atoms with Crippen molar-refractivity contribution in [3.63, 3.8) is 0 Å². The second-order valence-electron chi connectivity index (χ2n) is 5.82. The van der Waals surface area contributed by atoms with Crippen LogP contribution in [-0.4, -0.2) is 23.1 Å². The lowest BCUT2D eigenvalue weighted by molar-refractivity contribution is 0.340. The molecule has 0 bridgehead atoms. The van der Waals surface area contributed by atoms with Crippen LogP contribution in [0.15, 0.2) is 66.9 Å². The van der Waals surface area contributed by atoms with Gasteiger partial charge < -0.3 is 15.0 Å². The molecule has 0 unspecified atom stereocenters. The van der Waals surface area contributed by atoms with E-state index < -0.39 is 0 Å². The Labute approximate surface area is 154 Å². The first-order valence-corrected chi connectivity index (χ1v) is 8.90. The number of aromatic nitrogens is 2. The van der Waals surface area contributed by atoms with Gasteiger partial charge in [-0.15, -0.1) is 0 Å². The molecule has 134 valence electrons. The first-order chi connectivity index (χ1) is 12.8. The van der Waals surface area contributed by atoms with Crippen molar-refractivity contribution in [3.05, 3.63) is 72.4 Å². The Morgan fingerprint density at radius 1 is 0.962 bits per heavy atom. The highest BCUT2D eigenvalue weighted by Gasteiger charge is 2.08. The number of nitrogens with one attached hydrogen (secondary N) is 1. The molecule has 5 heteroatoms. The SMILES string of the molecule is CCOc1ccc(Nc2nccc(N(CC)Cc3ccccc3)n2)cc1. The lowest BCUT2D eigenvalue weighted by Gasteiger charge is -2.22. The van der Waals surface area contributed by atoms with Crippen LogP contribution >= 0.6 is 0 Å². The second-order valence-corrected chi connectivity index (χ2v) is 5.82. The van der Waals surface area contributed by atoms with E-state index in [4.69, 9.17) is 4.74 Å². The molecule has 0 amide bonds. The Morgan fingerprint density at radius 2 is 1.73 bits per heavy atom. The molecule has 0 spiro atoms. The molecule has 26 heavy (non-hydrogen) atoms. The summed E-state index contributed by atoms with van der Waals surface area (Å²) in [5.41, 5.74) is 2.19. The van der Waals surface area contributed by atoms with Gasteiger partial charge in [-0.1, -0.05) is 30.3 Å². The molecule has 5 nitrogen and oxygen atoms in total. The number of ether oxygens (including phenoxy) is 1. The fraction of sp³-hybridized carbons (Fsp3) is 0.238. The number of benzene rings is 2. The maximum Gasteiger partial charge on any atom is 0.229 e. The molecule has 2 aromatic carbocycles. The maximum absolute atomic E-state index is 5.47. The van der Waals surface area contributed by atoms with E-state index in [1.54, 1.807) is 6.20 Å². The molecular weight excluding hydrogens is 324 g/mol. The summed E-state index contributed by atoms with van der Waals surface area (Å²) in [6.45, 7) is 6.45. The third-order valence-corrected chi connectivity index (χ3v) is 3.98. The van der Waals surface area contributed by atoms with Crippen molar-refractivity contribution >= 4 is 17.5 Å². The number of anilines is 3. The van der Waals surface area contributed by atoms with Gasteiger partial charge in [-0.2, -0.15) is 4.98 Å². The summed E-state index contributed by atoms with van der Waals surface area (Å²) in [6, 6.07) is 20.1. The van der Waals surface area contributed by atoms with Crippen molar-refractivity contribution in [2.45, 2.75) is 20.4 Å². The average Bonchev–Trinajstić information content (AvgIpc) is 2.69. The summed E-state index contributed by atoms with van der Waals surface area (Å²) < 4.78 is 5.47. The summed E-state index contributed by atoms with van der Waals surface area (Å²) >= 11 is 0. The van der Waals surface area contributed by atoms with E-state index in [9.17, 15) is 0 Å². The summed E-state index contributed by atoms with van der Waals surface area (Å²) in [6.07, 6.45) is 1.78. The van der Waals surface area contributed by atoms with E-state index in [0.29, 0.717) is 12.6 Å². The molecule has 0 aliphatic rings. The summed E-state index contributed by atoms with van der Waals surface area (Å²) in [4.78, 5) is 11.2. The minimum Gasteiger partial charge on any atom is -0.494 e. The van der Waals surface area contributed by atoms with Gasteiger partial charge >= 0.3 is 0 Å². The average molecular weight is 348 g/mol. The van der Waals surface area contributed by atoms with Crippen LogP contribution in [-0.2, 0) is 6.54 Å². The smallest absolute Gasteiger partial charge is 0.229 e. The number of rotatable bonds is 8. The molecule has 0 fully saturated rings. The largest absolute Gasteiger partial charge is 0.494 e. The first kappa shape index (κ1) is 17.7. The van der Waals surface area contributed by atoms with E-state index in [2.05, 4.69) is 51.4 Å². The molecule has 0 saturated heterocycles. The van der Waals surface area contributed by atoms with Crippen molar-refractivity contribution in [2.75, 3.05) is 23.4 Å². The molecule has 0 radical (unpaired) electrons. The fourth-order valence-corrected chi connectivity index (χ4v) is 2.67. The van der Waals surface area contributed by atoms with Crippen molar-refractivity contribution in [1.29, 1.82) is 0 Å². The minimum absolute atomic E-state index is 0.582. The van der Waals surface area contributed by atoms with Crippen LogP contribution < -0.4 is 15.0 Å². The van der Waals surface area contributed by atoms with E-state index in [1.807, 2.05) is 43.3 Å². The summed E-state index contributed by atoms with van der Waals surface area (Å²) in [7, 11) is 0. The van der Waals surface area contributed by atoms with Crippen LogP contribution in [0.25, 0.3) is 0 Å². The van der Waals surface area contributed by atoms with Crippen LogP contribution in [0.1, 0.15) is 19.4 Å². The Balaban J connectivity index is 1.72. The molecule has 0 saturated carbocycles. The molecular formula is C21H24N4O. The van der Waals surface area contributed by atoms with Gasteiger partial charge in [-0.3, -0.25) is 0 Å². The highest BCUT2D eigenvalue weighted by Crippen LogP contribution is 2.20. The third-order valence-electron chi connectivity index (χ3n) is 3.98. The maximum atomic E-state index is 5.47. The van der Waals surface area contributed by atoms with Gasteiger partial charge in [0.05, 0.1) is 6.61 Å². The highest BCUT2D eigenvalue weighted by atomic mass is 16.5. The predicted octanol–water partition coefficient (Wildman–Crippen LogP) is 4.65. The fourth-order valence-electron chi connectivity index (χ4n) is 2.67. The van der Waals surface area contributed by atoms with Crippen LogP contribution in [0, 0.1) is 0 Å². The van der Waals surface area contributed by atoms with Crippen LogP contribution in [0.2, 0.25) is 0 Å². The van der Waals surface area contributed by atoms with Gasteiger partial charge in [0, 0.05) is 25.0 Å². The van der Waals surface area contributed by atoms with Crippen LogP contribution in [0.4, 0.5) is 17.5 Å². The van der Waals surface area contributed by atoms with Gasteiger partial charge in [0.15, 0.2) is 0 Å². The zero-order valence-electron chi connectivity index (χ0n) is 15.2. The van der Waals surface area contributed by atoms with Gasteiger partial charge in [0.2, 0.25) is 5.95 Å². The van der Waals surface area contributed by atoms with Crippen molar-refractivity contribution in [1.82, 2.24) is 9.97 Å². The highest BCUT2D eigenvalue weighted by molar-refractivity contribution is 5.56. The molecule has 1 heterocycles. The summed E-state index contributed by atoms with van der Waals surface area (Å²) in [5, 5.41) is 3.25. The Hall–Kier alpha value is -3.08. The van der Waals surface area contributed by atoms with E-state index in [1.165, 1.54) is 5.56 Å². The Morgan fingerprint density at radius 3 is 2.42 bits per heavy atom. The van der Waals surface area contributed by atoms with Crippen molar-refractivity contribution < 1.29 is 4.74 Å². The monoisotopic (exact) mass is 348 g/mol. The van der Waals surface area contributed by atoms with Crippen LogP contribution in [0.3, 0.4) is 0 Å². The predicted molar refractivity (Wildman–Crippen MR) is 106 cm³/mol. The lowest BCUT2D eigenvalue weighted by atomic mass is 10.2. The second kappa shape index (κ2) is 8.85. The quantitative estimate of drug-likeness (QED) is 0.642. The van der Waals surface area contributed by atoms with E-state index in [0.717, 1.165) is 30.3 Å². The third kappa shape index (κ3) is 4.72. The molecule has 3 aromatic rings. The topological polar surface area (TPSA) is 50.3 Å². The molecule has 1 aromatic heterocycles. The first-order valence-electron chi connectivity index (χ1n) is 8.90. The van der Waals surface area contributed by atoms with Gasteiger partial charge in [0.1, 0.15) is 11.6 Å². The van der Waals surface area contributed by atoms with Gasteiger partial charge in [-0.25, -0.2) is 4.98 Å². The molecule has 1 N–H and O–H groups in total. The number of hydrogen-bond donors (Lipinski definition) is 1. The van der Waals surface area contributed by atoms with E-state index >= 15 is 0 Å². The standard InChI is InChI=1S/C21H24N4O/c1-3-25(16-17-8-6-5-7-9-17)20-14-15-22-21(24-20)23-18-10-12-19(13-11-18)26-4-2/h5-15H,3-4,16H2,1-2H3,(H,22,23,24). The molecule has 3 rings (SSSR count). The Kier molecular flexibility index (Phi) is 6.04. The van der Waals surface area contributed by atoms with E-state index in [-0.39, 0.29) is 0 Å². The van der Waals surface area contributed by atoms with Crippen molar-refractivity contribution in [2.24, 2.45) is 0 Å². The minimum atomic E-state index is 0.582. The van der Waals surface area contributed by atoms with Gasteiger partial charge in [-0.05, 0) is 49.7 Å². The zero-order valence-corrected chi connectivity index (χ0v) is 15.2. The zero-order chi connectivity index (χ0) is 18.2. The molecule has 0 atom stereocenters. The van der Waals surface area contributed by atoms with Gasteiger partial charge in [0.25, 0.3) is 0 Å².